The Morgan fingerprint density at radius 3 is 2.33 bits per heavy atom. The molecular weight excluding hydrogens is 288 g/mol. The average Bonchev–Trinajstić information content (AvgIpc) is 2.46. The minimum atomic E-state index is -1.79. The molecule has 3 nitrogen and oxygen atoms in total. The standard InChI is InChI=1S/C14H6F4N2O/c15-9-3-2-8(12(17)13(9)18)14(21)20-11-4-1-7(6-19)5-10(11)16/h1-5H,(H,20,21). The molecule has 1 amide bonds. The molecule has 2 aromatic carbocycles. The summed E-state index contributed by atoms with van der Waals surface area (Å²) in [7, 11) is 0. The predicted octanol–water partition coefficient (Wildman–Crippen LogP) is 3.37. The number of nitrogens with zero attached hydrogens (tertiary/aromatic N) is 1. The molecule has 0 aromatic heterocycles. The Bertz CT molecular complexity index is 768. The molecule has 1 N–H and O–H groups in total. The quantitative estimate of drug-likeness (QED) is 0.682. The first-order valence-electron chi connectivity index (χ1n) is 5.58. The Morgan fingerprint density at radius 1 is 1.00 bits per heavy atom. The number of nitrogens with one attached hydrogen (secondary N) is 1. The zero-order chi connectivity index (χ0) is 15.6. The summed E-state index contributed by atoms with van der Waals surface area (Å²) in [5.41, 5.74) is -1.05. The fourth-order valence-electron chi connectivity index (χ4n) is 1.58. The van der Waals surface area contributed by atoms with E-state index in [1.165, 1.54) is 6.07 Å². The van der Waals surface area contributed by atoms with Gasteiger partial charge in [0.05, 0.1) is 22.9 Å². The number of rotatable bonds is 2. The van der Waals surface area contributed by atoms with Crippen LogP contribution in [0.15, 0.2) is 30.3 Å². The molecule has 0 atom stereocenters. The number of carbonyl (C=O) groups is 1. The molecule has 0 aliphatic heterocycles. The van der Waals surface area contributed by atoms with E-state index in [0.717, 1.165) is 18.2 Å². The van der Waals surface area contributed by atoms with Gasteiger partial charge in [-0.25, -0.2) is 17.6 Å². The Balaban J connectivity index is 2.31. The van der Waals surface area contributed by atoms with Crippen molar-refractivity contribution in [1.29, 1.82) is 5.26 Å². The van der Waals surface area contributed by atoms with Crippen LogP contribution in [-0.2, 0) is 0 Å². The third-order valence-electron chi connectivity index (χ3n) is 2.63. The first kappa shape index (κ1) is 14.5. The second kappa shape index (κ2) is 5.63. The maximum Gasteiger partial charge on any atom is 0.258 e. The smallest absolute Gasteiger partial charge is 0.258 e. The SMILES string of the molecule is N#Cc1ccc(NC(=O)c2ccc(F)c(F)c2F)c(F)c1. The van der Waals surface area contributed by atoms with Gasteiger partial charge in [0.25, 0.3) is 5.91 Å². The molecular formula is C14H6F4N2O. The summed E-state index contributed by atoms with van der Waals surface area (Å²) in [5, 5.41) is 10.6. The van der Waals surface area contributed by atoms with E-state index in [1.54, 1.807) is 6.07 Å². The van der Waals surface area contributed by atoms with E-state index in [4.69, 9.17) is 5.26 Å². The van der Waals surface area contributed by atoms with E-state index in [2.05, 4.69) is 0 Å². The second-order valence-corrected chi connectivity index (χ2v) is 3.98. The summed E-state index contributed by atoms with van der Waals surface area (Å²) in [6.45, 7) is 0. The van der Waals surface area contributed by atoms with Crippen LogP contribution in [0.3, 0.4) is 0 Å². The highest BCUT2D eigenvalue weighted by atomic mass is 19.2. The largest absolute Gasteiger partial charge is 0.319 e. The first-order chi connectivity index (χ1) is 9.93. The van der Waals surface area contributed by atoms with Crippen molar-refractivity contribution in [2.45, 2.75) is 0 Å². The van der Waals surface area contributed by atoms with E-state index < -0.39 is 34.7 Å². The molecule has 0 radical (unpaired) electrons. The van der Waals surface area contributed by atoms with Gasteiger partial charge in [-0.05, 0) is 30.3 Å². The topological polar surface area (TPSA) is 52.9 Å². The van der Waals surface area contributed by atoms with E-state index in [1.807, 2.05) is 5.32 Å². The van der Waals surface area contributed by atoms with Crippen LogP contribution >= 0.6 is 0 Å². The lowest BCUT2D eigenvalue weighted by Crippen LogP contribution is -2.16. The van der Waals surface area contributed by atoms with Gasteiger partial charge in [0, 0.05) is 0 Å². The maximum atomic E-state index is 13.6. The lowest BCUT2D eigenvalue weighted by Gasteiger charge is -2.08. The van der Waals surface area contributed by atoms with Crippen molar-refractivity contribution in [1.82, 2.24) is 0 Å². The molecule has 0 spiro atoms. The third kappa shape index (κ3) is 2.84. The molecule has 0 heterocycles. The van der Waals surface area contributed by atoms with E-state index in [-0.39, 0.29) is 11.3 Å². The van der Waals surface area contributed by atoms with Crippen LogP contribution < -0.4 is 5.32 Å². The fraction of sp³-hybridized carbons (Fsp3) is 0. The third-order valence-corrected chi connectivity index (χ3v) is 2.63. The molecule has 0 unspecified atom stereocenters. The Labute approximate surface area is 116 Å². The summed E-state index contributed by atoms with van der Waals surface area (Å²) in [4.78, 5) is 11.7. The molecule has 2 rings (SSSR count). The zero-order valence-corrected chi connectivity index (χ0v) is 10.3. The lowest BCUT2D eigenvalue weighted by atomic mass is 10.1. The number of anilines is 1. The zero-order valence-electron chi connectivity index (χ0n) is 10.3. The van der Waals surface area contributed by atoms with Gasteiger partial charge >= 0.3 is 0 Å². The van der Waals surface area contributed by atoms with Crippen LogP contribution in [0.25, 0.3) is 0 Å². The molecule has 0 saturated heterocycles. The highest BCUT2D eigenvalue weighted by Crippen LogP contribution is 2.19. The van der Waals surface area contributed by atoms with Gasteiger partial charge in [-0.2, -0.15) is 5.26 Å². The highest BCUT2D eigenvalue weighted by Gasteiger charge is 2.19. The van der Waals surface area contributed by atoms with Crippen molar-refractivity contribution in [3.63, 3.8) is 0 Å². The van der Waals surface area contributed by atoms with Crippen molar-refractivity contribution in [3.05, 3.63) is 64.7 Å². The molecule has 2 aromatic rings. The van der Waals surface area contributed by atoms with Crippen LogP contribution in [0.4, 0.5) is 23.2 Å². The summed E-state index contributed by atoms with van der Waals surface area (Å²) in [6.07, 6.45) is 0. The van der Waals surface area contributed by atoms with Gasteiger partial charge in [-0.15, -0.1) is 0 Å². The number of halogens is 4. The first-order valence-corrected chi connectivity index (χ1v) is 5.58. The van der Waals surface area contributed by atoms with Crippen LogP contribution in [-0.4, -0.2) is 5.91 Å². The molecule has 106 valence electrons. The van der Waals surface area contributed by atoms with Gasteiger partial charge in [-0.1, -0.05) is 0 Å². The highest BCUT2D eigenvalue weighted by molar-refractivity contribution is 6.04. The number of hydrogen-bond donors (Lipinski definition) is 1. The molecule has 21 heavy (non-hydrogen) atoms. The Morgan fingerprint density at radius 2 is 1.71 bits per heavy atom. The summed E-state index contributed by atoms with van der Waals surface area (Å²) in [6, 6.07) is 6.23. The van der Waals surface area contributed by atoms with E-state index in [0.29, 0.717) is 6.07 Å². The van der Waals surface area contributed by atoms with Crippen LogP contribution in [0.2, 0.25) is 0 Å². The molecule has 0 saturated carbocycles. The average molecular weight is 294 g/mol. The van der Waals surface area contributed by atoms with Crippen molar-refractivity contribution < 1.29 is 22.4 Å². The van der Waals surface area contributed by atoms with Gasteiger partial charge in [0.2, 0.25) is 0 Å². The minimum absolute atomic E-state index is 0.0320. The van der Waals surface area contributed by atoms with Crippen LogP contribution in [0, 0.1) is 34.6 Å². The number of benzene rings is 2. The Kier molecular flexibility index (Phi) is 3.89. The molecule has 0 aliphatic rings. The van der Waals surface area contributed by atoms with Gasteiger partial charge in [0.15, 0.2) is 17.5 Å². The lowest BCUT2D eigenvalue weighted by molar-refractivity contribution is 0.102. The van der Waals surface area contributed by atoms with Crippen LogP contribution in [0.1, 0.15) is 15.9 Å². The van der Waals surface area contributed by atoms with Crippen LogP contribution in [0.5, 0.6) is 0 Å². The number of amides is 1. The number of nitriles is 1. The number of hydrogen-bond acceptors (Lipinski definition) is 2. The predicted molar refractivity (Wildman–Crippen MR) is 65.4 cm³/mol. The van der Waals surface area contributed by atoms with E-state index in [9.17, 15) is 22.4 Å². The van der Waals surface area contributed by atoms with Gasteiger partial charge < -0.3 is 5.32 Å². The molecule has 0 aliphatic carbocycles. The minimum Gasteiger partial charge on any atom is -0.319 e. The van der Waals surface area contributed by atoms with E-state index >= 15 is 0 Å². The number of carbonyl (C=O) groups excluding carboxylic acids is 1. The maximum absolute atomic E-state index is 13.6. The normalized spacial score (nSPS) is 10.0. The summed E-state index contributed by atoms with van der Waals surface area (Å²) in [5.74, 6) is -6.95. The summed E-state index contributed by atoms with van der Waals surface area (Å²) >= 11 is 0. The Hall–Kier alpha value is -2.88. The van der Waals surface area contributed by atoms with Gasteiger partial charge in [0.1, 0.15) is 5.82 Å². The molecule has 7 heteroatoms. The second-order valence-electron chi connectivity index (χ2n) is 3.98. The van der Waals surface area contributed by atoms with Crippen molar-refractivity contribution in [2.24, 2.45) is 0 Å². The van der Waals surface area contributed by atoms with Crippen molar-refractivity contribution >= 4 is 11.6 Å². The summed E-state index contributed by atoms with van der Waals surface area (Å²) < 4.78 is 52.8. The molecule has 0 fully saturated rings. The van der Waals surface area contributed by atoms with Gasteiger partial charge in [-0.3, -0.25) is 4.79 Å². The van der Waals surface area contributed by atoms with Crippen molar-refractivity contribution in [2.75, 3.05) is 5.32 Å². The fourth-order valence-corrected chi connectivity index (χ4v) is 1.58. The van der Waals surface area contributed by atoms with Crippen molar-refractivity contribution in [3.8, 4) is 6.07 Å². The molecule has 0 bridgehead atoms. The monoisotopic (exact) mass is 294 g/mol.